The Kier molecular flexibility index (Phi) is 5.17. The number of nitrogens with zero attached hydrogens (tertiary/aromatic N) is 3. The lowest BCUT2D eigenvalue weighted by atomic mass is 10.00. The fourth-order valence-corrected chi connectivity index (χ4v) is 4.85. The number of rotatable bonds is 4. The minimum Gasteiger partial charge on any atom is -0.338 e. The van der Waals surface area contributed by atoms with Crippen molar-refractivity contribution in [3.8, 4) is 5.69 Å². The van der Waals surface area contributed by atoms with E-state index < -0.39 is 5.69 Å². The van der Waals surface area contributed by atoms with Crippen molar-refractivity contribution >= 4 is 27.5 Å². The molecule has 0 N–H and O–H groups in total. The molecule has 1 fully saturated rings. The van der Waals surface area contributed by atoms with E-state index in [4.69, 9.17) is 0 Å². The van der Waals surface area contributed by atoms with E-state index in [9.17, 15) is 14.4 Å². The molecule has 1 saturated heterocycles. The smallest absolute Gasteiger partial charge is 0.336 e. The quantitative estimate of drug-likeness (QED) is 0.680. The van der Waals surface area contributed by atoms with E-state index >= 15 is 0 Å². The van der Waals surface area contributed by atoms with Crippen molar-refractivity contribution in [2.24, 2.45) is 0 Å². The summed E-state index contributed by atoms with van der Waals surface area (Å²) in [5.74, 6) is -0.0561. The van der Waals surface area contributed by atoms with Crippen molar-refractivity contribution in [2.75, 3.05) is 6.54 Å². The number of aromatic nitrogens is 2. The van der Waals surface area contributed by atoms with Gasteiger partial charge in [0.15, 0.2) is 0 Å². The number of benzene rings is 1. The third kappa shape index (κ3) is 3.20. The Morgan fingerprint density at radius 2 is 1.93 bits per heavy atom. The van der Waals surface area contributed by atoms with Gasteiger partial charge >= 0.3 is 5.69 Å². The predicted octanol–water partition coefficient (Wildman–Crippen LogP) is 3.01. The van der Waals surface area contributed by atoms with E-state index in [1.165, 1.54) is 20.5 Å². The molecule has 0 unspecified atom stereocenters. The highest BCUT2D eigenvalue weighted by Crippen LogP contribution is 2.21. The van der Waals surface area contributed by atoms with Gasteiger partial charge in [0.1, 0.15) is 11.2 Å². The second kappa shape index (κ2) is 7.75. The summed E-state index contributed by atoms with van der Waals surface area (Å²) in [6.45, 7) is 2.78. The van der Waals surface area contributed by atoms with Gasteiger partial charge in [0, 0.05) is 12.6 Å². The monoisotopic (exact) mass is 397 g/mol. The van der Waals surface area contributed by atoms with Gasteiger partial charge in [0.2, 0.25) is 5.91 Å². The molecule has 3 aromatic rings. The Hall–Kier alpha value is -2.67. The van der Waals surface area contributed by atoms with Gasteiger partial charge in [-0.2, -0.15) is 0 Å². The van der Waals surface area contributed by atoms with Crippen molar-refractivity contribution in [2.45, 2.75) is 45.2 Å². The molecule has 2 aromatic heterocycles. The molecule has 1 aliphatic heterocycles. The van der Waals surface area contributed by atoms with Gasteiger partial charge in [-0.3, -0.25) is 14.2 Å². The molecule has 0 saturated carbocycles. The normalized spacial score (nSPS) is 17.2. The summed E-state index contributed by atoms with van der Waals surface area (Å²) in [5, 5.41) is 1.79. The second-order valence-corrected chi connectivity index (χ2v) is 8.04. The van der Waals surface area contributed by atoms with Crippen LogP contribution in [-0.2, 0) is 11.3 Å². The maximum Gasteiger partial charge on any atom is 0.336 e. The van der Waals surface area contributed by atoms with Crippen LogP contribution in [0, 0.1) is 0 Å². The molecule has 0 aliphatic carbocycles. The highest BCUT2D eigenvalue weighted by atomic mass is 32.1. The van der Waals surface area contributed by atoms with Gasteiger partial charge in [-0.1, -0.05) is 25.1 Å². The molecule has 0 radical (unpaired) electrons. The molecular formula is C21H23N3O3S. The van der Waals surface area contributed by atoms with Crippen LogP contribution in [0.3, 0.4) is 0 Å². The molecule has 146 valence electrons. The minimum absolute atomic E-state index is 0.0460. The van der Waals surface area contributed by atoms with Crippen LogP contribution in [0.2, 0.25) is 0 Å². The highest BCUT2D eigenvalue weighted by molar-refractivity contribution is 7.17. The van der Waals surface area contributed by atoms with Gasteiger partial charge in [0.25, 0.3) is 5.56 Å². The largest absolute Gasteiger partial charge is 0.338 e. The Labute approximate surface area is 166 Å². The maximum atomic E-state index is 13.2. The summed E-state index contributed by atoms with van der Waals surface area (Å²) < 4.78 is 3.10. The molecule has 4 rings (SSSR count). The van der Waals surface area contributed by atoms with Crippen molar-refractivity contribution in [1.82, 2.24) is 14.0 Å². The number of likely N-dealkylation sites (tertiary alicyclic amines) is 1. The standard InChI is InChI=1S/C21H23N3O3S/c1-2-15-8-6-7-12-22(15)18(25)14-23-17-11-13-28-19(17)20(26)24(21(23)27)16-9-4-3-5-10-16/h3-5,9-11,13,15H,2,6-8,12,14H2,1H3/t15-/m0/s1. The van der Waals surface area contributed by atoms with Crippen LogP contribution in [0.15, 0.2) is 51.4 Å². The molecule has 3 heterocycles. The SMILES string of the molecule is CC[C@H]1CCCCN1C(=O)Cn1c(=O)n(-c2ccccc2)c(=O)c2sccc21. The minimum atomic E-state index is -0.472. The summed E-state index contributed by atoms with van der Waals surface area (Å²) in [6, 6.07) is 10.8. The number of hydrogen-bond acceptors (Lipinski definition) is 4. The molecule has 28 heavy (non-hydrogen) atoms. The highest BCUT2D eigenvalue weighted by Gasteiger charge is 2.26. The fourth-order valence-electron chi connectivity index (χ4n) is 4.02. The van der Waals surface area contributed by atoms with Gasteiger partial charge in [0.05, 0.1) is 11.2 Å². The Balaban J connectivity index is 1.81. The summed E-state index contributed by atoms with van der Waals surface area (Å²) in [5.41, 5.74) is 0.235. The summed E-state index contributed by atoms with van der Waals surface area (Å²) in [7, 11) is 0. The average Bonchev–Trinajstić information content (AvgIpc) is 3.22. The van der Waals surface area contributed by atoms with Gasteiger partial charge in [-0.15, -0.1) is 11.3 Å². The van der Waals surface area contributed by atoms with Crippen LogP contribution < -0.4 is 11.2 Å². The molecule has 0 spiro atoms. The summed E-state index contributed by atoms with van der Waals surface area (Å²) >= 11 is 1.30. The first-order valence-electron chi connectivity index (χ1n) is 9.69. The summed E-state index contributed by atoms with van der Waals surface area (Å²) in [4.78, 5) is 41.1. The molecule has 7 heteroatoms. The molecule has 6 nitrogen and oxygen atoms in total. The first-order chi connectivity index (χ1) is 13.6. The van der Waals surface area contributed by atoms with Gasteiger partial charge in [-0.05, 0) is 49.3 Å². The van der Waals surface area contributed by atoms with E-state index in [0.717, 1.165) is 32.2 Å². The van der Waals surface area contributed by atoms with Gasteiger partial charge < -0.3 is 4.90 Å². The Bertz CT molecular complexity index is 1110. The third-order valence-corrected chi connectivity index (χ3v) is 6.37. The van der Waals surface area contributed by atoms with Crippen molar-refractivity contribution in [1.29, 1.82) is 0 Å². The zero-order valence-electron chi connectivity index (χ0n) is 15.8. The van der Waals surface area contributed by atoms with Crippen LogP contribution in [0.25, 0.3) is 15.9 Å². The first kappa shape index (κ1) is 18.7. The predicted molar refractivity (Wildman–Crippen MR) is 111 cm³/mol. The maximum absolute atomic E-state index is 13.2. The van der Waals surface area contributed by atoms with Crippen LogP contribution in [0.1, 0.15) is 32.6 Å². The lowest BCUT2D eigenvalue weighted by Gasteiger charge is -2.35. The zero-order valence-corrected chi connectivity index (χ0v) is 16.7. The number of piperidine rings is 1. The average molecular weight is 398 g/mol. The van der Waals surface area contributed by atoms with Crippen molar-refractivity contribution in [3.63, 3.8) is 0 Å². The molecule has 1 aromatic carbocycles. The number of carbonyl (C=O) groups excluding carboxylic acids is 1. The van der Waals surface area contributed by atoms with Crippen LogP contribution >= 0.6 is 11.3 Å². The molecule has 1 aliphatic rings. The van der Waals surface area contributed by atoms with Crippen LogP contribution in [0.4, 0.5) is 0 Å². The molecule has 1 amide bonds. The number of amides is 1. The molecule has 0 bridgehead atoms. The second-order valence-electron chi connectivity index (χ2n) is 7.12. The van der Waals surface area contributed by atoms with E-state index in [1.807, 2.05) is 11.0 Å². The fraction of sp³-hybridized carbons (Fsp3) is 0.381. The molecule has 1 atom stereocenters. The van der Waals surface area contributed by atoms with Crippen LogP contribution in [0.5, 0.6) is 0 Å². The number of fused-ring (bicyclic) bond motifs is 1. The first-order valence-corrected chi connectivity index (χ1v) is 10.6. The van der Waals surface area contributed by atoms with E-state index in [1.54, 1.807) is 35.7 Å². The number of thiophene rings is 1. The van der Waals surface area contributed by atoms with E-state index in [2.05, 4.69) is 6.92 Å². The van der Waals surface area contributed by atoms with Crippen LogP contribution in [-0.4, -0.2) is 32.5 Å². The van der Waals surface area contributed by atoms with Crippen molar-refractivity contribution in [3.05, 3.63) is 62.6 Å². The van der Waals surface area contributed by atoms with Gasteiger partial charge in [-0.25, -0.2) is 9.36 Å². The summed E-state index contributed by atoms with van der Waals surface area (Å²) in [6.07, 6.45) is 4.05. The number of hydrogen-bond donors (Lipinski definition) is 0. The third-order valence-electron chi connectivity index (χ3n) is 5.48. The van der Waals surface area contributed by atoms with E-state index in [0.29, 0.717) is 15.9 Å². The lowest BCUT2D eigenvalue weighted by Crippen LogP contribution is -2.47. The number of para-hydroxylation sites is 1. The number of carbonyl (C=O) groups is 1. The Morgan fingerprint density at radius 1 is 1.14 bits per heavy atom. The van der Waals surface area contributed by atoms with E-state index in [-0.39, 0.29) is 24.1 Å². The zero-order chi connectivity index (χ0) is 19.7. The molecular weight excluding hydrogens is 374 g/mol. The van der Waals surface area contributed by atoms with Crippen molar-refractivity contribution < 1.29 is 4.79 Å². The Morgan fingerprint density at radius 3 is 2.68 bits per heavy atom. The topological polar surface area (TPSA) is 64.3 Å². The lowest BCUT2D eigenvalue weighted by molar-refractivity contribution is -0.135.